The lowest BCUT2D eigenvalue weighted by Gasteiger charge is -2.28. The first-order valence-electron chi connectivity index (χ1n) is 6.98. The highest BCUT2D eigenvalue weighted by molar-refractivity contribution is 6.68. The molecule has 9 heteroatoms. The highest BCUT2D eigenvalue weighted by Gasteiger charge is 2.35. The Morgan fingerprint density at radius 3 is 2.08 bits per heavy atom. The zero-order valence-electron chi connectivity index (χ0n) is 12.5. The Morgan fingerprint density at radius 2 is 1.56 bits per heavy atom. The van der Waals surface area contributed by atoms with E-state index in [1.165, 1.54) is 12.1 Å². The molecular weight excluding hydrogens is 449 g/mol. The second-order valence-corrected chi connectivity index (χ2v) is 8.71. The fourth-order valence-corrected chi connectivity index (χ4v) is 3.27. The average Bonchev–Trinajstić information content (AvgIpc) is 2.49. The van der Waals surface area contributed by atoms with Gasteiger partial charge in [-0.3, -0.25) is 4.79 Å². The van der Waals surface area contributed by atoms with Crippen LogP contribution >= 0.6 is 69.6 Å². The summed E-state index contributed by atoms with van der Waals surface area (Å²) in [5.41, 5.74) is 1.12. The van der Waals surface area contributed by atoms with E-state index in [-0.39, 0.29) is 22.4 Å². The third-order valence-electron chi connectivity index (χ3n) is 3.14. The van der Waals surface area contributed by atoms with Crippen LogP contribution in [-0.2, 0) is 11.2 Å². The van der Waals surface area contributed by atoms with Crippen LogP contribution in [0.15, 0.2) is 42.5 Å². The van der Waals surface area contributed by atoms with Crippen molar-refractivity contribution in [1.29, 1.82) is 0 Å². The minimum Gasteiger partial charge on any atom is -0.359 e. The predicted octanol–water partition coefficient (Wildman–Crippen LogP) is 6.11. The molecule has 0 aliphatic rings. The molecular formula is C16H12Cl6N2O. The van der Waals surface area contributed by atoms with Gasteiger partial charge < -0.3 is 10.6 Å². The number of nitrogens with one attached hydrogen (secondary N) is 2. The van der Waals surface area contributed by atoms with Gasteiger partial charge in [-0.1, -0.05) is 99.9 Å². The summed E-state index contributed by atoms with van der Waals surface area (Å²) in [5.74, 6) is -0.337. The Hall–Kier alpha value is -0.550. The average molecular weight is 461 g/mol. The number of hydrogen-bond acceptors (Lipinski definition) is 2. The number of halogens is 6. The third kappa shape index (κ3) is 6.28. The van der Waals surface area contributed by atoms with Crippen LogP contribution in [0, 0.1) is 0 Å². The zero-order chi connectivity index (χ0) is 18.6. The van der Waals surface area contributed by atoms with E-state index in [4.69, 9.17) is 69.6 Å². The van der Waals surface area contributed by atoms with E-state index < -0.39 is 9.96 Å². The number of carbonyl (C=O) groups excluding carboxylic acids is 1. The van der Waals surface area contributed by atoms with E-state index in [9.17, 15) is 4.79 Å². The molecule has 2 N–H and O–H groups in total. The Morgan fingerprint density at radius 1 is 1.00 bits per heavy atom. The molecule has 0 saturated heterocycles. The van der Waals surface area contributed by atoms with Crippen LogP contribution in [0.3, 0.4) is 0 Å². The van der Waals surface area contributed by atoms with E-state index in [1.54, 1.807) is 0 Å². The highest BCUT2D eigenvalue weighted by Crippen LogP contribution is 2.37. The molecule has 25 heavy (non-hydrogen) atoms. The summed E-state index contributed by atoms with van der Waals surface area (Å²) in [5, 5.41) is 6.30. The van der Waals surface area contributed by atoms with Crippen LogP contribution in [0.1, 0.15) is 5.56 Å². The molecule has 0 saturated carbocycles. The van der Waals surface area contributed by atoms with Crippen LogP contribution in [-0.4, -0.2) is 15.9 Å². The Bertz CT molecular complexity index is 725. The summed E-state index contributed by atoms with van der Waals surface area (Å²) in [6.07, 6.45) is -0.938. The van der Waals surface area contributed by atoms with Gasteiger partial charge in [-0.2, -0.15) is 0 Å². The molecule has 3 nitrogen and oxygen atoms in total. The lowest BCUT2D eigenvalue weighted by molar-refractivity contribution is -0.120. The molecule has 0 spiro atoms. The van der Waals surface area contributed by atoms with Crippen molar-refractivity contribution in [3.05, 3.63) is 63.1 Å². The summed E-state index contributed by atoms with van der Waals surface area (Å²) in [6, 6.07) is 12.1. The fraction of sp³-hybridized carbons (Fsp3) is 0.188. The summed E-state index contributed by atoms with van der Waals surface area (Å²) in [6.45, 7) is 0. The van der Waals surface area contributed by atoms with Crippen molar-refractivity contribution in [2.75, 3.05) is 5.32 Å². The molecule has 0 aliphatic heterocycles. The molecule has 1 atom stereocenters. The maximum atomic E-state index is 12.3. The van der Waals surface area contributed by atoms with Gasteiger partial charge in [-0.25, -0.2) is 0 Å². The van der Waals surface area contributed by atoms with Crippen molar-refractivity contribution in [2.45, 2.75) is 16.4 Å². The number of alkyl halides is 3. The SMILES string of the molecule is O=C(Cc1ccccc1)NC(Nc1c(Cl)cc(Cl)cc1Cl)C(Cl)(Cl)Cl. The Kier molecular flexibility index (Phi) is 7.39. The molecule has 0 aromatic heterocycles. The first-order chi connectivity index (χ1) is 11.7. The van der Waals surface area contributed by atoms with Crippen molar-refractivity contribution in [3.8, 4) is 0 Å². The first kappa shape index (κ1) is 20.8. The van der Waals surface area contributed by atoms with Crippen LogP contribution in [0.4, 0.5) is 5.69 Å². The van der Waals surface area contributed by atoms with Gasteiger partial charge >= 0.3 is 0 Å². The van der Waals surface area contributed by atoms with Crippen LogP contribution in [0.5, 0.6) is 0 Å². The van der Waals surface area contributed by atoms with Gasteiger partial charge in [0, 0.05) is 5.02 Å². The molecule has 0 heterocycles. The van der Waals surface area contributed by atoms with Gasteiger partial charge in [-0.05, 0) is 17.7 Å². The minimum absolute atomic E-state index is 0.127. The minimum atomic E-state index is -1.85. The molecule has 0 fully saturated rings. The van der Waals surface area contributed by atoms with Gasteiger partial charge in [0.1, 0.15) is 6.17 Å². The lowest BCUT2D eigenvalue weighted by Crippen LogP contribution is -2.49. The molecule has 1 unspecified atom stereocenters. The second-order valence-electron chi connectivity index (χ2n) is 5.09. The van der Waals surface area contributed by atoms with Crippen molar-refractivity contribution < 1.29 is 4.79 Å². The predicted molar refractivity (Wildman–Crippen MR) is 107 cm³/mol. The lowest BCUT2D eigenvalue weighted by atomic mass is 10.1. The molecule has 0 bridgehead atoms. The van der Waals surface area contributed by atoms with Gasteiger partial charge in [0.25, 0.3) is 0 Å². The van der Waals surface area contributed by atoms with Crippen LogP contribution in [0.2, 0.25) is 15.1 Å². The smallest absolute Gasteiger partial charge is 0.228 e. The summed E-state index contributed by atoms with van der Waals surface area (Å²) >= 11 is 36.0. The normalized spacial score (nSPS) is 12.6. The summed E-state index contributed by atoms with van der Waals surface area (Å²) < 4.78 is -1.85. The number of rotatable bonds is 5. The fourth-order valence-electron chi connectivity index (χ4n) is 2.02. The highest BCUT2D eigenvalue weighted by atomic mass is 35.6. The standard InChI is InChI=1S/C16H12Cl6N2O/c17-10-7-11(18)14(12(19)8-10)24-15(16(20,21)22)23-13(25)6-9-4-2-1-3-5-9/h1-5,7-8,15,24H,6H2,(H,23,25). The number of hydrogen-bond donors (Lipinski definition) is 2. The van der Waals surface area contributed by atoms with Gasteiger partial charge in [-0.15, -0.1) is 0 Å². The van der Waals surface area contributed by atoms with E-state index >= 15 is 0 Å². The largest absolute Gasteiger partial charge is 0.359 e. The first-order valence-corrected chi connectivity index (χ1v) is 9.24. The van der Waals surface area contributed by atoms with Crippen LogP contribution < -0.4 is 10.6 Å². The van der Waals surface area contributed by atoms with Crippen molar-refractivity contribution in [2.24, 2.45) is 0 Å². The van der Waals surface area contributed by atoms with E-state index in [0.717, 1.165) is 5.56 Å². The third-order valence-corrected chi connectivity index (χ3v) is 4.60. The summed E-state index contributed by atoms with van der Waals surface area (Å²) in [7, 11) is 0. The number of anilines is 1. The molecule has 0 radical (unpaired) electrons. The second kappa shape index (κ2) is 8.90. The van der Waals surface area contributed by atoms with E-state index in [1.807, 2.05) is 30.3 Å². The molecule has 1 amide bonds. The maximum Gasteiger partial charge on any atom is 0.228 e. The molecule has 134 valence electrons. The quantitative estimate of drug-likeness (QED) is 0.417. The summed E-state index contributed by atoms with van der Waals surface area (Å²) in [4.78, 5) is 12.3. The van der Waals surface area contributed by atoms with Gasteiger partial charge in [0.05, 0.1) is 22.2 Å². The number of benzene rings is 2. The monoisotopic (exact) mass is 458 g/mol. The van der Waals surface area contributed by atoms with E-state index in [2.05, 4.69) is 10.6 Å². The van der Waals surface area contributed by atoms with Gasteiger partial charge in [0.2, 0.25) is 9.70 Å². The molecule has 2 rings (SSSR count). The van der Waals surface area contributed by atoms with Crippen molar-refractivity contribution in [3.63, 3.8) is 0 Å². The Balaban J connectivity index is 2.16. The maximum absolute atomic E-state index is 12.3. The van der Waals surface area contributed by atoms with E-state index in [0.29, 0.717) is 10.7 Å². The van der Waals surface area contributed by atoms with Crippen molar-refractivity contribution >= 4 is 81.2 Å². The number of carbonyl (C=O) groups is 1. The van der Waals surface area contributed by atoms with Crippen LogP contribution in [0.25, 0.3) is 0 Å². The van der Waals surface area contributed by atoms with Gasteiger partial charge in [0.15, 0.2) is 0 Å². The molecule has 2 aromatic carbocycles. The molecule has 0 aliphatic carbocycles. The topological polar surface area (TPSA) is 41.1 Å². The van der Waals surface area contributed by atoms with Crippen molar-refractivity contribution in [1.82, 2.24) is 5.32 Å². The Labute approximate surface area is 175 Å². The molecule has 2 aromatic rings. The number of amides is 1. The zero-order valence-corrected chi connectivity index (χ0v) is 17.0.